The zero-order valence-electron chi connectivity index (χ0n) is 10.3. The summed E-state index contributed by atoms with van der Waals surface area (Å²) in [6.45, 7) is 7.03. The highest BCUT2D eigenvalue weighted by molar-refractivity contribution is 4.94. The molecule has 2 fully saturated rings. The first-order chi connectivity index (χ1) is 7.13. The van der Waals surface area contributed by atoms with Crippen molar-refractivity contribution in [3.63, 3.8) is 0 Å². The molecule has 2 atom stereocenters. The molecule has 0 radical (unpaired) electrons. The Hall–Kier alpha value is -0.0800. The van der Waals surface area contributed by atoms with Crippen LogP contribution in [0.2, 0.25) is 0 Å². The molecule has 0 spiro atoms. The Kier molecular flexibility index (Phi) is 3.36. The Morgan fingerprint density at radius 1 is 1.27 bits per heavy atom. The van der Waals surface area contributed by atoms with Crippen molar-refractivity contribution in [1.29, 1.82) is 0 Å². The van der Waals surface area contributed by atoms with Gasteiger partial charge in [0.2, 0.25) is 0 Å². The van der Waals surface area contributed by atoms with Crippen LogP contribution >= 0.6 is 0 Å². The summed E-state index contributed by atoms with van der Waals surface area (Å²) < 4.78 is 0. The van der Waals surface area contributed by atoms with E-state index in [1.165, 1.54) is 45.1 Å². The topological polar surface area (TPSA) is 29.3 Å². The van der Waals surface area contributed by atoms with Crippen molar-refractivity contribution in [1.82, 2.24) is 4.90 Å². The van der Waals surface area contributed by atoms with E-state index in [0.717, 1.165) is 18.5 Å². The van der Waals surface area contributed by atoms with Gasteiger partial charge in [-0.15, -0.1) is 0 Å². The number of nitrogens with zero attached hydrogens (tertiary/aromatic N) is 1. The van der Waals surface area contributed by atoms with Gasteiger partial charge in [0.15, 0.2) is 0 Å². The van der Waals surface area contributed by atoms with Crippen LogP contribution in [-0.4, -0.2) is 29.6 Å². The van der Waals surface area contributed by atoms with Crippen LogP contribution < -0.4 is 5.73 Å². The molecule has 0 bridgehead atoms. The molecule has 0 amide bonds. The van der Waals surface area contributed by atoms with Gasteiger partial charge in [-0.25, -0.2) is 0 Å². The first-order valence-corrected chi connectivity index (χ1v) is 6.60. The minimum Gasteiger partial charge on any atom is -0.330 e. The van der Waals surface area contributed by atoms with Crippen molar-refractivity contribution in [2.24, 2.45) is 11.7 Å². The van der Waals surface area contributed by atoms with Crippen LogP contribution in [0.5, 0.6) is 0 Å². The third-order valence-corrected chi connectivity index (χ3v) is 4.49. The highest BCUT2D eigenvalue weighted by Crippen LogP contribution is 2.36. The summed E-state index contributed by atoms with van der Waals surface area (Å²) in [6, 6.07) is 0.824. The number of nitrogens with two attached hydrogens (primary N) is 1. The van der Waals surface area contributed by atoms with E-state index in [9.17, 15) is 0 Å². The molecule has 0 aromatic heterocycles. The molecular formula is C13H26N2. The molecule has 1 saturated carbocycles. The van der Waals surface area contributed by atoms with Crippen molar-refractivity contribution in [2.45, 2.75) is 64.0 Å². The molecule has 1 heterocycles. The molecule has 2 nitrogen and oxygen atoms in total. The minimum absolute atomic E-state index is 0.446. The van der Waals surface area contributed by atoms with Crippen LogP contribution in [0.15, 0.2) is 0 Å². The SMILES string of the molecule is CC1(C)CCCN1C1CCCC(CN)C1. The zero-order valence-corrected chi connectivity index (χ0v) is 10.3. The number of hydrogen-bond donors (Lipinski definition) is 1. The molecule has 2 aliphatic rings. The molecule has 88 valence electrons. The van der Waals surface area contributed by atoms with Gasteiger partial charge >= 0.3 is 0 Å². The highest BCUT2D eigenvalue weighted by atomic mass is 15.2. The highest BCUT2D eigenvalue weighted by Gasteiger charge is 2.38. The number of likely N-dealkylation sites (tertiary alicyclic amines) is 1. The summed E-state index contributed by atoms with van der Waals surface area (Å²) in [5, 5.41) is 0. The fourth-order valence-corrected chi connectivity index (χ4v) is 3.56. The van der Waals surface area contributed by atoms with E-state index in [1.54, 1.807) is 0 Å². The van der Waals surface area contributed by atoms with Gasteiger partial charge in [-0.05, 0) is 65.0 Å². The van der Waals surface area contributed by atoms with Crippen molar-refractivity contribution in [3.05, 3.63) is 0 Å². The van der Waals surface area contributed by atoms with Gasteiger partial charge in [0.25, 0.3) is 0 Å². The van der Waals surface area contributed by atoms with Crippen LogP contribution in [0.25, 0.3) is 0 Å². The lowest BCUT2D eigenvalue weighted by Gasteiger charge is -2.42. The van der Waals surface area contributed by atoms with E-state index in [-0.39, 0.29) is 0 Å². The third-order valence-electron chi connectivity index (χ3n) is 4.49. The third kappa shape index (κ3) is 2.36. The smallest absolute Gasteiger partial charge is 0.0156 e. The molecule has 0 aromatic rings. The van der Waals surface area contributed by atoms with E-state index in [2.05, 4.69) is 18.7 Å². The van der Waals surface area contributed by atoms with Gasteiger partial charge in [0, 0.05) is 11.6 Å². The zero-order chi connectivity index (χ0) is 10.9. The summed E-state index contributed by atoms with van der Waals surface area (Å²) in [4.78, 5) is 2.76. The maximum absolute atomic E-state index is 5.81. The Morgan fingerprint density at radius 2 is 2.07 bits per heavy atom. The van der Waals surface area contributed by atoms with E-state index in [1.807, 2.05) is 0 Å². The average molecular weight is 210 g/mol. The van der Waals surface area contributed by atoms with E-state index < -0.39 is 0 Å². The first-order valence-electron chi connectivity index (χ1n) is 6.60. The molecule has 1 saturated heterocycles. The summed E-state index contributed by atoms with van der Waals surface area (Å²) >= 11 is 0. The molecule has 1 aliphatic carbocycles. The Bertz CT molecular complexity index is 213. The second kappa shape index (κ2) is 4.42. The van der Waals surface area contributed by atoms with Gasteiger partial charge < -0.3 is 5.73 Å². The van der Waals surface area contributed by atoms with Crippen LogP contribution in [0.1, 0.15) is 52.4 Å². The predicted molar refractivity (Wildman–Crippen MR) is 64.8 cm³/mol. The second-order valence-electron chi connectivity index (χ2n) is 6.03. The lowest BCUT2D eigenvalue weighted by molar-refractivity contribution is 0.0743. The fourth-order valence-electron chi connectivity index (χ4n) is 3.56. The van der Waals surface area contributed by atoms with Crippen LogP contribution in [0, 0.1) is 5.92 Å². The summed E-state index contributed by atoms with van der Waals surface area (Å²) in [6.07, 6.45) is 8.26. The van der Waals surface area contributed by atoms with Crippen LogP contribution in [0.4, 0.5) is 0 Å². The Labute approximate surface area is 94.2 Å². The van der Waals surface area contributed by atoms with Crippen molar-refractivity contribution < 1.29 is 0 Å². The van der Waals surface area contributed by atoms with E-state index >= 15 is 0 Å². The van der Waals surface area contributed by atoms with Crippen LogP contribution in [-0.2, 0) is 0 Å². The largest absolute Gasteiger partial charge is 0.330 e. The van der Waals surface area contributed by atoms with Crippen LogP contribution in [0.3, 0.4) is 0 Å². The number of hydrogen-bond acceptors (Lipinski definition) is 2. The van der Waals surface area contributed by atoms with Crippen molar-refractivity contribution in [2.75, 3.05) is 13.1 Å². The lowest BCUT2D eigenvalue weighted by atomic mass is 9.83. The van der Waals surface area contributed by atoms with Crippen molar-refractivity contribution >= 4 is 0 Å². The van der Waals surface area contributed by atoms with Gasteiger partial charge in [0.1, 0.15) is 0 Å². The fraction of sp³-hybridized carbons (Fsp3) is 1.00. The summed E-state index contributed by atoms with van der Waals surface area (Å²) in [5.41, 5.74) is 6.26. The monoisotopic (exact) mass is 210 g/mol. The van der Waals surface area contributed by atoms with Gasteiger partial charge in [0.05, 0.1) is 0 Å². The molecule has 2 rings (SSSR count). The second-order valence-corrected chi connectivity index (χ2v) is 6.03. The normalized spacial score (nSPS) is 37.0. The number of rotatable bonds is 2. The Morgan fingerprint density at radius 3 is 2.67 bits per heavy atom. The Balaban J connectivity index is 1.97. The molecular weight excluding hydrogens is 184 g/mol. The van der Waals surface area contributed by atoms with Gasteiger partial charge in [-0.1, -0.05) is 6.42 Å². The lowest BCUT2D eigenvalue weighted by Crippen LogP contribution is -2.47. The summed E-state index contributed by atoms with van der Waals surface area (Å²) in [5.74, 6) is 0.792. The van der Waals surface area contributed by atoms with E-state index in [0.29, 0.717) is 5.54 Å². The molecule has 2 heteroatoms. The van der Waals surface area contributed by atoms with Crippen molar-refractivity contribution in [3.8, 4) is 0 Å². The minimum atomic E-state index is 0.446. The maximum Gasteiger partial charge on any atom is 0.0156 e. The molecule has 2 unspecified atom stereocenters. The standard InChI is InChI=1S/C13H26N2/c1-13(2)7-4-8-15(13)12-6-3-5-11(9-12)10-14/h11-12H,3-10,14H2,1-2H3. The van der Waals surface area contributed by atoms with E-state index in [4.69, 9.17) is 5.73 Å². The maximum atomic E-state index is 5.81. The average Bonchev–Trinajstić information content (AvgIpc) is 2.58. The van der Waals surface area contributed by atoms with Gasteiger partial charge in [-0.2, -0.15) is 0 Å². The quantitative estimate of drug-likeness (QED) is 0.758. The van der Waals surface area contributed by atoms with Gasteiger partial charge in [-0.3, -0.25) is 4.90 Å². The molecule has 1 aliphatic heterocycles. The summed E-state index contributed by atoms with van der Waals surface area (Å²) in [7, 11) is 0. The first kappa shape index (κ1) is 11.4. The molecule has 15 heavy (non-hydrogen) atoms. The predicted octanol–water partition coefficient (Wildman–Crippen LogP) is 2.38. The molecule has 0 aromatic carbocycles. The molecule has 2 N–H and O–H groups in total.